The van der Waals surface area contributed by atoms with Crippen molar-refractivity contribution in [2.24, 2.45) is 5.73 Å². The molecule has 0 bridgehead atoms. The van der Waals surface area contributed by atoms with Crippen LogP contribution in [-0.4, -0.2) is 29.1 Å². The maximum atomic E-state index is 6.00. The molecule has 1 heterocycles. The van der Waals surface area contributed by atoms with Crippen molar-refractivity contribution in [1.82, 2.24) is 0 Å². The topological polar surface area (TPSA) is 29.3 Å². The smallest absolute Gasteiger partial charge is 0.106 e. The first-order chi connectivity index (χ1) is 8.09. The average molecular weight is 287 g/mol. The number of thiocarbonyl (C=S) groups is 1. The lowest BCUT2D eigenvalue weighted by atomic mass is 10.1. The lowest BCUT2D eigenvalue weighted by molar-refractivity contribution is 0.699. The molecule has 2 nitrogen and oxygen atoms in total. The van der Waals surface area contributed by atoms with E-state index in [0.717, 1.165) is 29.3 Å². The van der Waals surface area contributed by atoms with Crippen LogP contribution in [0.15, 0.2) is 18.2 Å². The highest BCUT2D eigenvalue weighted by Gasteiger charge is 2.21. The molecule has 1 atom stereocenters. The van der Waals surface area contributed by atoms with Crippen LogP contribution in [0.3, 0.4) is 0 Å². The molecule has 1 fully saturated rings. The number of nitrogens with zero attached hydrogens (tertiary/aromatic N) is 1. The van der Waals surface area contributed by atoms with Crippen molar-refractivity contribution in [3.05, 3.63) is 28.8 Å². The summed E-state index contributed by atoms with van der Waals surface area (Å²) in [5, 5.41) is 0.676. The molecule has 1 aromatic carbocycles. The molecule has 92 valence electrons. The van der Waals surface area contributed by atoms with Gasteiger partial charge in [0, 0.05) is 40.4 Å². The summed E-state index contributed by atoms with van der Waals surface area (Å²) in [4.78, 5) is 2.77. The van der Waals surface area contributed by atoms with Gasteiger partial charge in [-0.25, -0.2) is 0 Å². The van der Waals surface area contributed by atoms with Gasteiger partial charge in [0.15, 0.2) is 0 Å². The number of halogens is 1. The number of rotatable bonds is 2. The van der Waals surface area contributed by atoms with Gasteiger partial charge >= 0.3 is 0 Å². The van der Waals surface area contributed by atoms with Gasteiger partial charge in [-0.15, -0.1) is 0 Å². The van der Waals surface area contributed by atoms with E-state index >= 15 is 0 Å². The number of hydrogen-bond donors (Lipinski definition) is 1. The quantitative estimate of drug-likeness (QED) is 0.847. The second-order valence-corrected chi connectivity index (χ2v) is 6.17. The Morgan fingerprint density at radius 1 is 1.59 bits per heavy atom. The van der Waals surface area contributed by atoms with Crippen LogP contribution in [0.1, 0.15) is 12.5 Å². The normalized spacial score (nSPS) is 20.4. The molecule has 1 aliphatic rings. The van der Waals surface area contributed by atoms with Gasteiger partial charge in [-0.2, -0.15) is 11.8 Å². The highest BCUT2D eigenvalue weighted by Crippen LogP contribution is 2.29. The Labute approximate surface area is 117 Å². The average Bonchev–Trinajstić information content (AvgIpc) is 2.30. The second-order valence-electron chi connectivity index (χ2n) is 4.14. The molecule has 0 aliphatic carbocycles. The van der Waals surface area contributed by atoms with Gasteiger partial charge in [-0.05, 0) is 25.1 Å². The fourth-order valence-electron chi connectivity index (χ4n) is 2.04. The first-order valence-corrected chi connectivity index (χ1v) is 7.47. The third-order valence-electron chi connectivity index (χ3n) is 2.90. The zero-order valence-electron chi connectivity index (χ0n) is 9.65. The van der Waals surface area contributed by atoms with E-state index in [0.29, 0.717) is 16.1 Å². The van der Waals surface area contributed by atoms with Gasteiger partial charge in [0.1, 0.15) is 4.99 Å². The minimum absolute atomic E-state index is 0.410. The summed E-state index contributed by atoms with van der Waals surface area (Å²) in [6, 6.07) is 6.27. The zero-order chi connectivity index (χ0) is 12.4. The Bertz CT molecular complexity index is 437. The molecule has 1 aromatic rings. The standard InChI is InChI=1S/C12H15ClN2S2/c1-8-7-17-5-4-15(8)11-3-2-9(13)6-10(11)12(14)16/h2-3,6,8H,4-5,7H2,1H3,(H2,14,16). The van der Waals surface area contributed by atoms with Crippen molar-refractivity contribution in [2.75, 3.05) is 23.0 Å². The van der Waals surface area contributed by atoms with Gasteiger partial charge in [-0.1, -0.05) is 23.8 Å². The van der Waals surface area contributed by atoms with E-state index in [1.807, 2.05) is 30.0 Å². The van der Waals surface area contributed by atoms with E-state index in [-0.39, 0.29) is 0 Å². The summed E-state index contributed by atoms with van der Waals surface area (Å²) in [6.07, 6.45) is 0. The van der Waals surface area contributed by atoms with Crippen molar-refractivity contribution in [2.45, 2.75) is 13.0 Å². The molecular weight excluding hydrogens is 272 g/mol. The third-order valence-corrected chi connectivity index (χ3v) is 4.55. The van der Waals surface area contributed by atoms with E-state index in [2.05, 4.69) is 11.8 Å². The first kappa shape index (κ1) is 13.0. The molecule has 0 spiro atoms. The van der Waals surface area contributed by atoms with Crippen LogP contribution in [0.2, 0.25) is 5.02 Å². The molecule has 2 N–H and O–H groups in total. The molecule has 0 radical (unpaired) electrons. The predicted molar refractivity (Wildman–Crippen MR) is 81.5 cm³/mol. The molecule has 17 heavy (non-hydrogen) atoms. The van der Waals surface area contributed by atoms with Gasteiger partial charge < -0.3 is 10.6 Å². The maximum Gasteiger partial charge on any atom is 0.106 e. The Morgan fingerprint density at radius 3 is 3.00 bits per heavy atom. The Hall–Kier alpha value is -0.450. The molecule has 5 heteroatoms. The Balaban J connectivity index is 2.39. The SMILES string of the molecule is CC1CSCCN1c1ccc(Cl)cc1C(N)=S. The summed E-state index contributed by atoms with van der Waals surface area (Å²) in [6.45, 7) is 3.26. The second kappa shape index (κ2) is 5.46. The van der Waals surface area contributed by atoms with Crippen LogP contribution in [0.25, 0.3) is 0 Å². The Morgan fingerprint density at radius 2 is 2.35 bits per heavy atom. The highest BCUT2D eigenvalue weighted by atomic mass is 35.5. The summed E-state index contributed by atoms with van der Waals surface area (Å²) in [5.74, 6) is 2.28. The van der Waals surface area contributed by atoms with Crippen LogP contribution < -0.4 is 10.6 Å². The largest absolute Gasteiger partial charge is 0.389 e. The van der Waals surface area contributed by atoms with Crippen molar-refractivity contribution in [3.8, 4) is 0 Å². The summed E-state index contributed by atoms with van der Waals surface area (Å²) >= 11 is 13.1. The molecular formula is C12H15ClN2S2. The van der Waals surface area contributed by atoms with Crippen LogP contribution >= 0.6 is 35.6 Å². The fraction of sp³-hybridized carbons (Fsp3) is 0.417. The van der Waals surface area contributed by atoms with Crippen molar-refractivity contribution in [1.29, 1.82) is 0 Å². The summed E-state index contributed by atoms with van der Waals surface area (Å²) in [7, 11) is 0. The molecule has 1 unspecified atom stereocenters. The number of hydrogen-bond acceptors (Lipinski definition) is 3. The maximum absolute atomic E-state index is 6.00. The number of benzene rings is 1. The molecule has 1 saturated heterocycles. The van der Waals surface area contributed by atoms with Crippen LogP contribution in [0.4, 0.5) is 5.69 Å². The van der Waals surface area contributed by atoms with Crippen molar-refractivity contribution < 1.29 is 0 Å². The van der Waals surface area contributed by atoms with E-state index in [1.165, 1.54) is 0 Å². The van der Waals surface area contributed by atoms with Crippen molar-refractivity contribution in [3.63, 3.8) is 0 Å². The number of thioether (sulfide) groups is 1. The highest BCUT2D eigenvalue weighted by molar-refractivity contribution is 7.99. The van der Waals surface area contributed by atoms with E-state index in [4.69, 9.17) is 29.6 Å². The monoisotopic (exact) mass is 286 g/mol. The molecule has 0 aromatic heterocycles. The van der Waals surface area contributed by atoms with E-state index in [1.54, 1.807) is 0 Å². The fourth-order valence-corrected chi connectivity index (χ4v) is 3.39. The van der Waals surface area contributed by atoms with Gasteiger partial charge in [0.25, 0.3) is 0 Å². The number of anilines is 1. The first-order valence-electron chi connectivity index (χ1n) is 5.53. The summed E-state index contributed by atoms with van der Waals surface area (Å²) in [5.41, 5.74) is 7.76. The minimum atomic E-state index is 0.410. The molecule has 2 rings (SSSR count). The van der Waals surface area contributed by atoms with Crippen LogP contribution in [0.5, 0.6) is 0 Å². The molecule has 0 saturated carbocycles. The lowest BCUT2D eigenvalue weighted by Crippen LogP contribution is -2.41. The van der Waals surface area contributed by atoms with Crippen LogP contribution in [0, 0.1) is 0 Å². The molecule has 0 amide bonds. The minimum Gasteiger partial charge on any atom is -0.389 e. The van der Waals surface area contributed by atoms with Gasteiger partial charge in [0.2, 0.25) is 0 Å². The third kappa shape index (κ3) is 2.87. The zero-order valence-corrected chi connectivity index (χ0v) is 12.0. The molecule has 1 aliphatic heterocycles. The summed E-state index contributed by atoms with van der Waals surface area (Å²) < 4.78 is 0. The van der Waals surface area contributed by atoms with Gasteiger partial charge in [0.05, 0.1) is 0 Å². The van der Waals surface area contributed by atoms with E-state index < -0.39 is 0 Å². The van der Waals surface area contributed by atoms with E-state index in [9.17, 15) is 0 Å². The predicted octanol–water partition coefficient (Wildman–Crippen LogP) is 2.92. The Kier molecular flexibility index (Phi) is 4.17. The van der Waals surface area contributed by atoms with Crippen LogP contribution in [-0.2, 0) is 0 Å². The van der Waals surface area contributed by atoms with Gasteiger partial charge in [-0.3, -0.25) is 0 Å². The van der Waals surface area contributed by atoms with Crippen molar-refractivity contribution >= 4 is 46.3 Å². The lowest BCUT2D eigenvalue weighted by Gasteiger charge is -2.36. The number of nitrogens with two attached hydrogens (primary N) is 1.